The zero-order valence-corrected chi connectivity index (χ0v) is 59.7. The summed E-state index contributed by atoms with van der Waals surface area (Å²) < 4.78 is 95.9. The molecule has 7 rings (SSSR count). The number of benzene rings is 4. The van der Waals surface area contributed by atoms with E-state index >= 15 is 4.39 Å². The minimum Gasteiger partial charge on any atom is -0.444 e. The number of aryl methyl sites for hydroxylation is 1. The summed E-state index contributed by atoms with van der Waals surface area (Å²) in [6, 6.07) is 19.4. The smallest absolute Gasteiger partial charge is 0.444 e. The fraction of sp³-hybridized carbons (Fsp3) is 0.553. The van der Waals surface area contributed by atoms with Gasteiger partial charge in [-0.2, -0.15) is 18.4 Å². The van der Waals surface area contributed by atoms with Gasteiger partial charge in [0.2, 0.25) is 0 Å². The van der Waals surface area contributed by atoms with E-state index in [1.165, 1.54) is 47.7 Å². The summed E-state index contributed by atoms with van der Waals surface area (Å²) in [6.45, 7) is 25.7. The number of aromatic amines is 1. The van der Waals surface area contributed by atoms with Crippen molar-refractivity contribution in [2.75, 3.05) is 44.2 Å². The number of hydrogen-bond acceptors (Lipinski definition) is 16. The lowest BCUT2D eigenvalue weighted by molar-refractivity contribution is -0.138. The molecule has 1 aromatic heterocycles. The number of ether oxygens (including phenoxy) is 4. The molecule has 2 aliphatic rings. The quantitative estimate of drug-likeness (QED) is 0.00846. The number of amides is 2. The maximum atomic E-state index is 15.4. The summed E-state index contributed by atoms with van der Waals surface area (Å²) in [5.41, 5.74) is 16.0. The molecule has 5 aromatic rings. The van der Waals surface area contributed by atoms with Gasteiger partial charge in [-0.15, -0.1) is 0 Å². The second-order valence-corrected chi connectivity index (χ2v) is 27.1. The van der Waals surface area contributed by atoms with Gasteiger partial charge < -0.3 is 62.0 Å². The maximum Gasteiger partial charge on any atom is 0.519 e. The highest BCUT2D eigenvalue weighted by Crippen LogP contribution is 2.43. The van der Waals surface area contributed by atoms with Crippen LogP contribution in [0, 0.1) is 23.0 Å². The zero-order chi connectivity index (χ0) is 74.5. The summed E-state index contributed by atoms with van der Waals surface area (Å²) in [7, 11) is 0. The number of anilines is 1. The first-order chi connectivity index (χ1) is 46.4. The van der Waals surface area contributed by atoms with E-state index in [0.29, 0.717) is 57.0 Å². The Bertz CT molecular complexity index is 3490. The van der Waals surface area contributed by atoms with E-state index in [2.05, 4.69) is 37.8 Å². The highest BCUT2D eigenvalue weighted by molar-refractivity contribution is 7.80. The van der Waals surface area contributed by atoms with Crippen LogP contribution in [-0.4, -0.2) is 107 Å². The lowest BCUT2D eigenvalue weighted by atomic mass is 9.88. The van der Waals surface area contributed by atoms with Gasteiger partial charge in [0.25, 0.3) is 5.91 Å². The number of Topliss-reactive ketones (excluding diaryl/α,β-unsaturated/α-hetero) is 2. The van der Waals surface area contributed by atoms with Crippen LogP contribution in [0.15, 0.2) is 72.8 Å². The molecule has 1 aliphatic heterocycles. The molecule has 0 bridgehead atoms. The van der Waals surface area contributed by atoms with E-state index in [4.69, 9.17) is 45.0 Å². The second kappa shape index (κ2) is 43.8. The van der Waals surface area contributed by atoms with Crippen molar-refractivity contribution in [1.82, 2.24) is 20.9 Å². The van der Waals surface area contributed by atoms with Crippen LogP contribution < -0.4 is 38.1 Å². The molecular weight excluding hydrogens is 1330 g/mol. The number of alkyl carbamates (subject to hydrolysis) is 1. The summed E-state index contributed by atoms with van der Waals surface area (Å²) in [5, 5.41) is 18.9. The first kappa shape index (κ1) is 91.1. The Hall–Kier alpha value is -7.89. The standard InChI is InChI=1S/C46H42F5N5O3S.C10H22N2O2.C10H18O5.C5H14N2.C2H6.3CH4/c1-45(2)42(58)39(28-14-15-29(24-52)35(20-28)46(49,50)51)44(60)56(45)31-16-17-32(36(48)23-31)43(59)54-19-6-4-3-5-18-53-25-26-10-12-27(13-11-26)41-33-8-7-9-38(57)34-21-30(47)22-37(55-41)40(33)34;1-10(2,3)14-9(13)12-8-6-4-5-7-11;1-9(2,3)14-7(11)13-8(12)15-10(4,5)6;6-4-2-1-3-5-7;1-2;;;/h10-17,20-23,39,53,55H,3-9,18-19,25H2,1-2H3,(H,54,59);4-8,11H2,1-3H3,(H,12,13);1-6H3;1-7H2;1-2H3;3*1H4/i;;;;1D;;;. The van der Waals surface area contributed by atoms with Gasteiger partial charge in [0.05, 0.1) is 39.2 Å². The van der Waals surface area contributed by atoms with E-state index < -0.39 is 81.2 Å². The first-order valence-electron chi connectivity index (χ1n) is 33.8. The van der Waals surface area contributed by atoms with Gasteiger partial charge >= 0.3 is 24.6 Å². The molecule has 10 N–H and O–H groups in total. The van der Waals surface area contributed by atoms with Crippen LogP contribution in [0.4, 0.5) is 42.0 Å². The molecular formula is C76H114F5N9O10S. The Balaban J connectivity index is 0.00000198. The molecule has 0 saturated carbocycles. The van der Waals surface area contributed by atoms with Gasteiger partial charge in [-0.05, 0) is 218 Å². The minimum atomic E-state index is -4.83. The number of carbonyl (C=O) groups is 6. The number of unbranched alkanes of at least 4 members (excludes halogenated alkanes) is 7. The molecule has 564 valence electrons. The average Bonchev–Trinajstić information content (AvgIpc) is 1.59. The summed E-state index contributed by atoms with van der Waals surface area (Å²) in [4.78, 5) is 77.0. The van der Waals surface area contributed by atoms with Gasteiger partial charge in [-0.25, -0.2) is 23.2 Å². The van der Waals surface area contributed by atoms with Crippen molar-refractivity contribution in [3.05, 3.63) is 123 Å². The number of nitrogens with two attached hydrogens (primary N) is 3. The molecule has 2 amide bonds. The Morgan fingerprint density at radius 1 is 0.713 bits per heavy atom. The van der Waals surface area contributed by atoms with E-state index in [0.717, 1.165) is 130 Å². The molecule has 101 heavy (non-hydrogen) atoms. The third-order valence-electron chi connectivity index (χ3n) is 14.8. The predicted octanol–water partition coefficient (Wildman–Crippen LogP) is 17.4. The number of ketones is 2. The minimum absolute atomic E-state index is 0. The summed E-state index contributed by atoms with van der Waals surface area (Å²) >= 11 is 5.60. The second-order valence-electron chi connectivity index (χ2n) is 26.7. The third kappa shape index (κ3) is 30.7. The molecule has 1 unspecified atom stereocenters. The Morgan fingerprint density at radius 2 is 1.24 bits per heavy atom. The molecule has 19 nitrogen and oxygen atoms in total. The van der Waals surface area contributed by atoms with Crippen LogP contribution in [0.2, 0.25) is 0 Å². The Kier molecular flexibility index (Phi) is 39.5. The van der Waals surface area contributed by atoms with E-state index in [1.54, 1.807) is 62.3 Å². The number of rotatable bonds is 22. The highest BCUT2D eigenvalue weighted by Gasteiger charge is 2.52. The fourth-order valence-electron chi connectivity index (χ4n) is 10.3. The van der Waals surface area contributed by atoms with Crippen LogP contribution in [-0.2, 0) is 42.9 Å². The summed E-state index contributed by atoms with van der Waals surface area (Å²) in [6.07, 6.45) is 4.41. The SMILES string of the molecule is C.C.C.CC(C)(C)OC(=O)NCCCCCN.CC(C)(C)OC(=O)OC(=O)OC(C)(C)C.CC1(C)C(=O)C(c2ccc(C#N)c(C(F)(F)F)c2)C(=S)N1c1ccc(C(=O)NCCCCCCNCc2ccc(-c3[nH]c4cc(F)cc5c4c3CCCC5=O)cc2)c(F)c1.NCCCCCN.[2H]CC. The number of aromatic nitrogens is 1. The molecule has 2 heterocycles. The van der Waals surface area contributed by atoms with Gasteiger partial charge in [0.15, 0.2) is 11.6 Å². The summed E-state index contributed by atoms with van der Waals surface area (Å²) in [5.74, 6) is -3.62. The number of alkyl halides is 3. The normalized spacial score (nSPS) is 13.9. The van der Waals surface area contributed by atoms with Crippen LogP contribution >= 0.6 is 12.2 Å². The van der Waals surface area contributed by atoms with E-state index in [1.807, 2.05) is 32.9 Å². The molecule has 4 aromatic carbocycles. The largest absolute Gasteiger partial charge is 0.519 e. The number of nitrogens with one attached hydrogen (secondary N) is 4. The maximum absolute atomic E-state index is 15.4. The van der Waals surface area contributed by atoms with E-state index in [9.17, 15) is 51.6 Å². The van der Waals surface area contributed by atoms with Crippen molar-refractivity contribution in [2.24, 2.45) is 17.2 Å². The van der Waals surface area contributed by atoms with Crippen LogP contribution in [0.5, 0.6) is 0 Å². The van der Waals surface area contributed by atoms with Crippen molar-refractivity contribution >= 4 is 69.7 Å². The number of halogens is 5. The van der Waals surface area contributed by atoms with Crippen molar-refractivity contribution in [3.63, 3.8) is 0 Å². The van der Waals surface area contributed by atoms with Gasteiger partial charge in [0.1, 0.15) is 28.4 Å². The van der Waals surface area contributed by atoms with Crippen LogP contribution in [0.25, 0.3) is 22.2 Å². The first-order valence-corrected chi connectivity index (χ1v) is 33.5. The average molecular weight is 1440 g/mol. The zero-order valence-electron chi connectivity index (χ0n) is 59.9. The van der Waals surface area contributed by atoms with Crippen molar-refractivity contribution in [3.8, 4) is 17.3 Å². The number of hydrogen-bond donors (Lipinski definition) is 7. The molecule has 0 radical (unpaired) electrons. The van der Waals surface area contributed by atoms with Crippen molar-refractivity contribution in [2.45, 2.75) is 237 Å². The lowest BCUT2D eigenvalue weighted by Crippen LogP contribution is -2.44. The Morgan fingerprint density at radius 3 is 1.75 bits per heavy atom. The molecule has 1 fully saturated rings. The predicted molar refractivity (Wildman–Crippen MR) is 397 cm³/mol. The van der Waals surface area contributed by atoms with Crippen molar-refractivity contribution in [1.29, 1.82) is 5.26 Å². The molecule has 1 atom stereocenters. The van der Waals surface area contributed by atoms with Gasteiger partial charge in [-0.3, -0.25) is 14.4 Å². The Labute approximate surface area is 603 Å². The topological polar surface area (TPSA) is 296 Å². The van der Waals surface area contributed by atoms with Crippen LogP contribution in [0.3, 0.4) is 0 Å². The third-order valence-corrected chi connectivity index (χ3v) is 15.2. The van der Waals surface area contributed by atoms with Gasteiger partial charge in [0, 0.05) is 55.3 Å². The molecule has 1 aliphatic carbocycles. The number of thiocarbonyl (C=S) groups is 1. The van der Waals surface area contributed by atoms with Crippen LogP contribution in [0.1, 0.15) is 245 Å². The molecule has 25 heteroatoms. The highest BCUT2D eigenvalue weighted by atomic mass is 32.1. The number of nitriles is 1. The number of carbonyl (C=O) groups excluding carboxylic acids is 6. The van der Waals surface area contributed by atoms with E-state index in [-0.39, 0.29) is 56.0 Å². The molecule has 0 spiro atoms. The van der Waals surface area contributed by atoms with Gasteiger partial charge in [-0.1, -0.05) is 104 Å². The molecule has 1 saturated heterocycles. The number of nitrogens with zero attached hydrogens (tertiary/aromatic N) is 2. The number of H-pyrrole nitrogens is 1. The van der Waals surface area contributed by atoms with Crippen molar-refractivity contribution < 1.29 is 71.0 Å². The lowest BCUT2D eigenvalue weighted by Gasteiger charge is -2.31. The monoisotopic (exact) mass is 1440 g/mol. The fourth-order valence-corrected chi connectivity index (χ4v) is 10.9.